The molecular formula is C18H26N2O. The van der Waals surface area contributed by atoms with Gasteiger partial charge in [-0.05, 0) is 49.5 Å². The molecule has 2 fully saturated rings. The Morgan fingerprint density at radius 2 is 2.10 bits per heavy atom. The van der Waals surface area contributed by atoms with Crippen molar-refractivity contribution in [2.75, 3.05) is 26.7 Å². The van der Waals surface area contributed by atoms with E-state index < -0.39 is 0 Å². The van der Waals surface area contributed by atoms with E-state index in [9.17, 15) is 0 Å². The summed E-state index contributed by atoms with van der Waals surface area (Å²) in [4.78, 5) is 2.41. The lowest BCUT2D eigenvalue weighted by molar-refractivity contribution is 0.0271. The fourth-order valence-electron chi connectivity index (χ4n) is 3.64. The van der Waals surface area contributed by atoms with E-state index in [1.807, 2.05) is 0 Å². The topological polar surface area (TPSA) is 24.5 Å². The molecule has 1 N–H and O–H groups in total. The Labute approximate surface area is 127 Å². The van der Waals surface area contributed by atoms with Gasteiger partial charge in [-0.2, -0.15) is 0 Å². The van der Waals surface area contributed by atoms with E-state index in [2.05, 4.69) is 35.5 Å². The second-order valence-corrected chi connectivity index (χ2v) is 7.28. The zero-order valence-corrected chi connectivity index (χ0v) is 13.0. The first-order valence-corrected chi connectivity index (χ1v) is 8.43. The maximum Gasteiger partial charge on any atom is 0.123 e. The summed E-state index contributed by atoms with van der Waals surface area (Å²) in [6.07, 6.45) is 6.26. The molecule has 0 radical (unpaired) electrons. The van der Waals surface area contributed by atoms with E-state index in [1.54, 1.807) is 0 Å². The van der Waals surface area contributed by atoms with Crippen molar-refractivity contribution in [2.45, 2.75) is 44.2 Å². The fourth-order valence-corrected chi connectivity index (χ4v) is 3.64. The average molecular weight is 286 g/mol. The van der Waals surface area contributed by atoms with Crippen molar-refractivity contribution in [3.8, 4) is 5.75 Å². The van der Waals surface area contributed by atoms with Gasteiger partial charge >= 0.3 is 0 Å². The number of hydrogen-bond donors (Lipinski definition) is 1. The summed E-state index contributed by atoms with van der Waals surface area (Å²) in [7, 11) is 2.21. The van der Waals surface area contributed by atoms with Crippen molar-refractivity contribution in [2.24, 2.45) is 5.92 Å². The molecule has 1 aromatic carbocycles. The first-order chi connectivity index (χ1) is 10.2. The molecule has 114 valence electrons. The van der Waals surface area contributed by atoms with Crippen molar-refractivity contribution in [3.63, 3.8) is 0 Å². The SMILES string of the molecule is CN1CCC2(CC1)Cc1cc(CNCC3CC3)ccc1O2. The summed E-state index contributed by atoms with van der Waals surface area (Å²) in [6.45, 7) is 4.50. The number of likely N-dealkylation sites (tertiary alicyclic amines) is 1. The second kappa shape index (κ2) is 5.29. The van der Waals surface area contributed by atoms with E-state index in [1.165, 1.54) is 30.5 Å². The van der Waals surface area contributed by atoms with Gasteiger partial charge in [-0.1, -0.05) is 12.1 Å². The maximum absolute atomic E-state index is 6.34. The smallest absolute Gasteiger partial charge is 0.123 e. The van der Waals surface area contributed by atoms with Crippen LogP contribution < -0.4 is 10.1 Å². The molecule has 21 heavy (non-hydrogen) atoms. The van der Waals surface area contributed by atoms with Crippen LogP contribution in [0.3, 0.4) is 0 Å². The number of piperidine rings is 1. The second-order valence-electron chi connectivity index (χ2n) is 7.28. The first-order valence-electron chi connectivity index (χ1n) is 8.43. The summed E-state index contributed by atoms with van der Waals surface area (Å²) < 4.78 is 6.34. The third-order valence-electron chi connectivity index (χ3n) is 5.32. The lowest BCUT2D eigenvalue weighted by Crippen LogP contribution is -2.45. The molecule has 0 bridgehead atoms. The minimum Gasteiger partial charge on any atom is -0.487 e. The Morgan fingerprint density at radius 3 is 2.86 bits per heavy atom. The van der Waals surface area contributed by atoms with Gasteiger partial charge in [-0.15, -0.1) is 0 Å². The molecule has 3 aliphatic rings. The van der Waals surface area contributed by atoms with Crippen LogP contribution in [0.2, 0.25) is 0 Å². The monoisotopic (exact) mass is 286 g/mol. The van der Waals surface area contributed by atoms with Crippen molar-refractivity contribution in [1.82, 2.24) is 10.2 Å². The number of hydrogen-bond acceptors (Lipinski definition) is 3. The van der Waals surface area contributed by atoms with Crippen LogP contribution in [0, 0.1) is 5.92 Å². The molecule has 1 spiro atoms. The summed E-state index contributed by atoms with van der Waals surface area (Å²) >= 11 is 0. The highest BCUT2D eigenvalue weighted by Gasteiger charge is 2.41. The minimum absolute atomic E-state index is 0.0922. The van der Waals surface area contributed by atoms with Crippen LogP contribution in [-0.2, 0) is 13.0 Å². The number of fused-ring (bicyclic) bond motifs is 1. The highest BCUT2D eigenvalue weighted by atomic mass is 16.5. The van der Waals surface area contributed by atoms with E-state index in [-0.39, 0.29) is 5.60 Å². The Kier molecular flexibility index (Phi) is 3.43. The number of ether oxygens (including phenoxy) is 1. The van der Waals surface area contributed by atoms with Gasteiger partial charge in [0.2, 0.25) is 0 Å². The molecule has 1 aliphatic carbocycles. The number of benzene rings is 1. The van der Waals surface area contributed by atoms with Crippen molar-refractivity contribution in [1.29, 1.82) is 0 Å². The maximum atomic E-state index is 6.34. The van der Waals surface area contributed by atoms with Crippen molar-refractivity contribution in [3.05, 3.63) is 29.3 Å². The highest BCUT2D eigenvalue weighted by molar-refractivity contribution is 5.42. The van der Waals surface area contributed by atoms with Crippen LogP contribution in [0.5, 0.6) is 5.75 Å². The lowest BCUT2D eigenvalue weighted by Gasteiger charge is -2.37. The number of nitrogens with zero attached hydrogens (tertiary/aromatic N) is 1. The Hall–Kier alpha value is -1.06. The summed E-state index contributed by atoms with van der Waals surface area (Å²) in [5, 5.41) is 3.58. The molecule has 1 saturated carbocycles. The highest BCUT2D eigenvalue weighted by Crippen LogP contribution is 2.41. The third-order valence-corrected chi connectivity index (χ3v) is 5.32. The molecule has 0 unspecified atom stereocenters. The Bertz CT molecular complexity index is 516. The molecule has 1 saturated heterocycles. The van der Waals surface area contributed by atoms with Crippen molar-refractivity contribution < 1.29 is 4.74 Å². The van der Waals surface area contributed by atoms with Crippen LogP contribution in [0.1, 0.15) is 36.8 Å². The van der Waals surface area contributed by atoms with Crippen LogP contribution in [-0.4, -0.2) is 37.2 Å². The zero-order chi connectivity index (χ0) is 14.3. The lowest BCUT2D eigenvalue weighted by atomic mass is 9.87. The molecule has 0 aromatic heterocycles. The minimum atomic E-state index is 0.0922. The van der Waals surface area contributed by atoms with Crippen molar-refractivity contribution >= 4 is 0 Å². The van der Waals surface area contributed by atoms with Crippen LogP contribution in [0.4, 0.5) is 0 Å². The van der Waals surface area contributed by atoms with Crippen LogP contribution >= 0.6 is 0 Å². The normalized spacial score (nSPS) is 24.0. The van der Waals surface area contributed by atoms with Gasteiger partial charge in [0.1, 0.15) is 11.4 Å². The molecule has 2 heterocycles. The predicted molar refractivity (Wildman–Crippen MR) is 84.7 cm³/mol. The Balaban J connectivity index is 1.40. The molecule has 3 nitrogen and oxygen atoms in total. The van der Waals surface area contributed by atoms with E-state index in [4.69, 9.17) is 4.74 Å². The first kappa shape index (κ1) is 13.6. The Morgan fingerprint density at radius 1 is 1.29 bits per heavy atom. The summed E-state index contributed by atoms with van der Waals surface area (Å²) in [5.41, 5.74) is 2.92. The van der Waals surface area contributed by atoms with Gasteiger partial charge < -0.3 is 15.0 Å². The molecule has 2 aliphatic heterocycles. The van der Waals surface area contributed by atoms with E-state index in [0.29, 0.717) is 0 Å². The molecule has 0 amide bonds. The van der Waals surface area contributed by atoms with Gasteiger partial charge in [-0.3, -0.25) is 0 Å². The molecule has 3 heteroatoms. The quantitative estimate of drug-likeness (QED) is 0.921. The zero-order valence-electron chi connectivity index (χ0n) is 13.0. The molecule has 0 atom stereocenters. The molecule has 1 aromatic rings. The van der Waals surface area contributed by atoms with Gasteiger partial charge in [0.05, 0.1) is 0 Å². The van der Waals surface area contributed by atoms with E-state index in [0.717, 1.165) is 50.6 Å². The third kappa shape index (κ3) is 2.95. The van der Waals surface area contributed by atoms with Crippen LogP contribution in [0.15, 0.2) is 18.2 Å². The predicted octanol–water partition coefficient (Wildman–Crippen LogP) is 2.59. The number of nitrogens with one attached hydrogen (secondary N) is 1. The van der Waals surface area contributed by atoms with Gasteiger partial charge in [0.15, 0.2) is 0 Å². The largest absolute Gasteiger partial charge is 0.487 e. The summed E-state index contributed by atoms with van der Waals surface area (Å²) in [5.74, 6) is 2.08. The van der Waals surface area contributed by atoms with Crippen LogP contribution in [0.25, 0.3) is 0 Å². The van der Waals surface area contributed by atoms with E-state index >= 15 is 0 Å². The fraction of sp³-hybridized carbons (Fsp3) is 0.667. The number of rotatable bonds is 4. The summed E-state index contributed by atoms with van der Waals surface area (Å²) in [6, 6.07) is 6.78. The molecule has 4 rings (SSSR count). The van der Waals surface area contributed by atoms with Gasteiger partial charge in [0, 0.05) is 38.9 Å². The average Bonchev–Trinajstić information content (AvgIpc) is 3.23. The standard InChI is InChI=1S/C18H26N2O/c1-20-8-6-18(7-9-20)11-16-10-15(4-5-17(16)21-18)13-19-12-14-2-3-14/h4-5,10,14,19H,2-3,6-9,11-13H2,1H3. The van der Waals surface area contributed by atoms with Gasteiger partial charge in [-0.25, -0.2) is 0 Å². The van der Waals surface area contributed by atoms with Gasteiger partial charge in [0.25, 0.3) is 0 Å². The molecular weight excluding hydrogens is 260 g/mol.